The minimum absolute atomic E-state index is 0.305. The molecule has 0 aromatic heterocycles. The number of piperidine rings is 1. The zero-order chi connectivity index (χ0) is 10.9. The van der Waals surface area contributed by atoms with E-state index in [1.165, 1.54) is 6.42 Å². The van der Waals surface area contributed by atoms with E-state index in [1.807, 2.05) is 0 Å². The van der Waals surface area contributed by atoms with Crippen LogP contribution >= 0.6 is 0 Å². The van der Waals surface area contributed by atoms with Crippen LogP contribution in [0.1, 0.15) is 32.1 Å². The molecule has 1 heterocycles. The average molecular weight is 233 g/mol. The lowest BCUT2D eigenvalue weighted by Crippen LogP contribution is -2.42. The number of aliphatic hydroxyl groups excluding tert-OH is 1. The summed E-state index contributed by atoms with van der Waals surface area (Å²) in [7, 11) is -3.04. The lowest BCUT2D eigenvalue weighted by atomic mass is 9.87. The lowest BCUT2D eigenvalue weighted by molar-refractivity contribution is 0.112. The van der Waals surface area contributed by atoms with E-state index in [-0.39, 0.29) is 6.10 Å². The van der Waals surface area contributed by atoms with Crippen LogP contribution in [0.2, 0.25) is 0 Å². The molecule has 4 nitrogen and oxygen atoms in total. The molecule has 1 saturated carbocycles. The van der Waals surface area contributed by atoms with Crippen LogP contribution in [0.3, 0.4) is 0 Å². The van der Waals surface area contributed by atoms with Gasteiger partial charge in [-0.15, -0.1) is 0 Å². The minimum Gasteiger partial charge on any atom is -0.393 e. The molecule has 0 aromatic rings. The molecular formula is C10H19NO3S. The van der Waals surface area contributed by atoms with E-state index in [0.29, 0.717) is 37.6 Å². The number of hydrogen-bond donors (Lipinski definition) is 1. The van der Waals surface area contributed by atoms with Gasteiger partial charge in [0.2, 0.25) is 10.0 Å². The Labute approximate surface area is 91.3 Å². The number of hydrogen-bond acceptors (Lipinski definition) is 3. The summed E-state index contributed by atoms with van der Waals surface area (Å²) in [6, 6.07) is 0. The fourth-order valence-electron chi connectivity index (χ4n) is 2.18. The summed E-state index contributed by atoms with van der Waals surface area (Å²) in [5.74, 6) is 0.713. The Morgan fingerprint density at radius 3 is 2.20 bits per heavy atom. The molecule has 0 atom stereocenters. The topological polar surface area (TPSA) is 57.6 Å². The number of sulfonamides is 1. The normalized spacial score (nSPS) is 26.5. The van der Waals surface area contributed by atoms with Gasteiger partial charge in [-0.1, -0.05) is 6.42 Å². The van der Waals surface area contributed by atoms with Gasteiger partial charge in [-0.3, -0.25) is 0 Å². The third-order valence-corrected chi connectivity index (χ3v) is 5.53. The van der Waals surface area contributed by atoms with Crippen LogP contribution in [0.25, 0.3) is 0 Å². The quantitative estimate of drug-likeness (QED) is 0.775. The molecular weight excluding hydrogens is 214 g/mol. The van der Waals surface area contributed by atoms with Crippen molar-refractivity contribution in [3.05, 3.63) is 0 Å². The van der Waals surface area contributed by atoms with Crippen LogP contribution in [-0.4, -0.2) is 42.8 Å². The molecule has 2 rings (SSSR count). The monoisotopic (exact) mass is 233 g/mol. The van der Waals surface area contributed by atoms with Gasteiger partial charge in [-0.05, 0) is 31.6 Å². The Bertz CT molecular complexity index is 303. The lowest BCUT2D eigenvalue weighted by Gasteiger charge is -2.32. The second-order valence-corrected chi connectivity index (χ2v) is 6.72. The molecule has 0 radical (unpaired) electrons. The molecule has 0 spiro atoms. The third-order valence-electron chi connectivity index (χ3n) is 3.49. The summed E-state index contributed by atoms with van der Waals surface area (Å²) in [6.45, 7) is 0.993. The Hall–Kier alpha value is -0.130. The fraction of sp³-hybridized carbons (Fsp3) is 1.00. The molecule has 88 valence electrons. The van der Waals surface area contributed by atoms with Gasteiger partial charge in [0.05, 0.1) is 11.9 Å². The molecule has 0 bridgehead atoms. The van der Waals surface area contributed by atoms with Gasteiger partial charge in [0.1, 0.15) is 0 Å². The Balaban J connectivity index is 1.90. The molecule has 1 saturated heterocycles. The number of aliphatic hydroxyl groups is 1. The maximum absolute atomic E-state index is 11.9. The van der Waals surface area contributed by atoms with Crippen molar-refractivity contribution in [3.8, 4) is 0 Å². The highest BCUT2D eigenvalue weighted by Gasteiger charge is 2.31. The summed E-state index contributed by atoms with van der Waals surface area (Å²) in [6.07, 6.45) is 4.18. The zero-order valence-electron chi connectivity index (χ0n) is 8.93. The predicted octanol–water partition coefficient (Wildman–Crippen LogP) is 0.573. The first-order chi connectivity index (χ1) is 7.08. The van der Waals surface area contributed by atoms with Crippen molar-refractivity contribution >= 4 is 10.0 Å². The highest BCUT2D eigenvalue weighted by Crippen LogP contribution is 2.29. The van der Waals surface area contributed by atoms with E-state index >= 15 is 0 Å². The second kappa shape index (κ2) is 4.39. The number of nitrogens with zero attached hydrogens (tertiary/aromatic N) is 1. The first kappa shape index (κ1) is 11.4. The molecule has 1 N–H and O–H groups in total. The molecule has 2 aliphatic rings. The average Bonchev–Trinajstić information content (AvgIpc) is 2.13. The molecule has 0 unspecified atom stereocenters. The molecule has 2 fully saturated rings. The molecule has 1 aliphatic carbocycles. The largest absolute Gasteiger partial charge is 0.393 e. The predicted molar refractivity (Wildman–Crippen MR) is 57.9 cm³/mol. The van der Waals surface area contributed by atoms with Gasteiger partial charge >= 0.3 is 0 Å². The Kier molecular flexibility index (Phi) is 3.33. The smallest absolute Gasteiger partial charge is 0.214 e. The van der Waals surface area contributed by atoms with E-state index in [0.717, 1.165) is 12.8 Å². The van der Waals surface area contributed by atoms with E-state index in [2.05, 4.69) is 0 Å². The molecule has 15 heavy (non-hydrogen) atoms. The van der Waals surface area contributed by atoms with Gasteiger partial charge in [0, 0.05) is 13.1 Å². The zero-order valence-corrected chi connectivity index (χ0v) is 9.75. The van der Waals surface area contributed by atoms with Crippen molar-refractivity contribution in [2.45, 2.75) is 38.2 Å². The van der Waals surface area contributed by atoms with Crippen molar-refractivity contribution in [2.24, 2.45) is 5.92 Å². The van der Waals surface area contributed by atoms with Crippen molar-refractivity contribution < 1.29 is 13.5 Å². The van der Waals surface area contributed by atoms with Crippen LogP contribution in [-0.2, 0) is 10.0 Å². The van der Waals surface area contributed by atoms with E-state index < -0.39 is 10.0 Å². The summed E-state index contributed by atoms with van der Waals surface area (Å²) in [5, 5.41) is 9.31. The van der Waals surface area contributed by atoms with Crippen LogP contribution < -0.4 is 0 Å². The van der Waals surface area contributed by atoms with E-state index in [4.69, 9.17) is 0 Å². The van der Waals surface area contributed by atoms with Crippen molar-refractivity contribution in [3.63, 3.8) is 0 Å². The summed E-state index contributed by atoms with van der Waals surface area (Å²) in [4.78, 5) is 0. The SMILES string of the molecule is O=S(=O)(CC1CCC1)N1CCC(O)CC1. The molecule has 5 heteroatoms. The second-order valence-electron chi connectivity index (χ2n) is 4.71. The van der Waals surface area contributed by atoms with Crippen LogP contribution in [0.15, 0.2) is 0 Å². The number of rotatable bonds is 3. The van der Waals surface area contributed by atoms with Gasteiger partial charge in [-0.2, -0.15) is 0 Å². The summed E-state index contributed by atoms with van der Waals surface area (Å²) in [5.41, 5.74) is 0. The molecule has 0 aromatic carbocycles. The van der Waals surface area contributed by atoms with Gasteiger partial charge < -0.3 is 5.11 Å². The van der Waals surface area contributed by atoms with Crippen molar-refractivity contribution in [2.75, 3.05) is 18.8 Å². The molecule has 1 aliphatic heterocycles. The standard InChI is InChI=1S/C10H19NO3S/c12-10-4-6-11(7-5-10)15(13,14)8-9-2-1-3-9/h9-10,12H,1-8H2. The van der Waals surface area contributed by atoms with Crippen LogP contribution in [0.5, 0.6) is 0 Å². The minimum atomic E-state index is -3.04. The first-order valence-electron chi connectivity index (χ1n) is 5.74. The summed E-state index contributed by atoms with van der Waals surface area (Å²) < 4.78 is 25.4. The highest BCUT2D eigenvalue weighted by molar-refractivity contribution is 7.89. The van der Waals surface area contributed by atoms with Crippen LogP contribution in [0, 0.1) is 5.92 Å². The fourth-order valence-corrected chi connectivity index (χ4v) is 4.09. The van der Waals surface area contributed by atoms with Crippen molar-refractivity contribution in [1.82, 2.24) is 4.31 Å². The van der Waals surface area contributed by atoms with Gasteiger partial charge in [0.15, 0.2) is 0 Å². The molecule has 0 amide bonds. The maximum atomic E-state index is 11.9. The van der Waals surface area contributed by atoms with Gasteiger partial charge in [0.25, 0.3) is 0 Å². The Morgan fingerprint density at radius 1 is 1.13 bits per heavy atom. The Morgan fingerprint density at radius 2 is 1.73 bits per heavy atom. The van der Waals surface area contributed by atoms with Crippen molar-refractivity contribution in [1.29, 1.82) is 0 Å². The summed E-state index contributed by atoms with van der Waals surface area (Å²) >= 11 is 0. The first-order valence-corrected chi connectivity index (χ1v) is 7.35. The third kappa shape index (κ3) is 2.71. The highest BCUT2D eigenvalue weighted by atomic mass is 32.2. The maximum Gasteiger partial charge on any atom is 0.214 e. The van der Waals surface area contributed by atoms with Crippen LogP contribution in [0.4, 0.5) is 0 Å². The van der Waals surface area contributed by atoms with E-state index in [1.54, 1.807) is 4.31 Å². The van der Waals surface area contributed by atoms with Gasteiger partial charge in [-0.25, -0.2) is 12.7 Å². The van der Waals surface area contributed by atoms with E-state index in [9.17, 15) is 13.5 Å².